The Labute approximate surface area is 108 Å². The summed E-state index contributed by atoms with van der Waals surface area (Å²) >= 11 is 0. The molecule has 0 radical (unpaired) electrons. The molecule has 1 saturated carbocycles. The smallest absolute Gasteiger partial charge is 0.393 e. The molecular weight excluding hydrogens is 259 g/mol. The molecule has 1 aromatic rings. The summed E-state index contributed by atoms with van der Waals surface area (Å²) in [7, 11) is 2.84. The zero-order valence-electron chi connectivity index (χ0n) is 10.4. The molecule has 1 aliphatic rings. The number of methoxy groups -OCH3 is 2. The molecular formula is C13H12F3NO2. The highest BCUT2D eigenvalue weighted by Gasteiger charge is 2.68. The topological polar surface area (TPSA) is 42.2 Å². The van der Waals surface area contributed by atoms with Crippen LogP contribution in [0.5, 0.6) is 11.5 Å². The van der Waals surface area contributed by atoms with Crippen molar-refractivity contribution in [1.82, 2.24) is 0 Å². The van der Waals surface area contributed by atoms with E-state index in [1.54, 1.807) is 6.07 Å². The molecule has 0 saturated heterocycles. The van der Waals surface area contributed by atoms with Gasteiger partial charge in [0.05, 0.1) is 31.6 Å². The lowest BCUT2D eigenvalue weighted by Gasteiger charge is -2.14. The number of nitrogens with zero attached hydrogens (tertiary/aromatic N) is 1. The van der Waals surface area contributed by atoms with Gasteiger partial charge in [0, 0.05) is 0 Å². The van der Waals surface area contributed by atoms with Crippen LogP contribution >= 0.6 is 0 Å². The highest BCUT2D eigenvalue weighted by atomic mass is 19.4. The van der Waals surface area contributed by atoms with Gasteiger partial charge in [0.1, 0.15) is 0 Å². The highest BCUT2D eigenvalue weighted by Crippen LogP contribution is 2.61. The van der Waals surface area contributed by atoms with Gasteiger partial charge in [-0.1, -0.05) is 6.07 Å². The standard InChI is InChI=1S/C13H12F3NO2/c1-18-9-4-3-8(5-10(9)19-2)12(7-17)6-11(12)13(14,15)16/h3-5,11H,6H2,1-2H3/t11-,12-/m1/s1. The van der Waals surface area contributed by atoms with Crippen molar-refractivity contribution in [2.75, 3.05) is 14.2 Å². The van der Waals surface area contributed by atoms with Gasteiger partial charge >= 0.3 is 6.18 Å². The number of hydrogen-bond acceptors (Lipinski definition) is 3. The van der Waals surface area contributed by atoms with E-state index in [0.717, 1.165) is 0 Å². The van der Waals surface area contributed by atoms with Crippen molar-refractivity contribution in [3.63, 3.8) is 0 Å². The maximum Gasteiger partial charge on any atom is 0.393 e. The molecule has 0 amide bonds. The molecule has 0 heterocycles. The highest BCUT2D eigenvalue weighted by molar-refractivity contribution is 5.50. The summed E-state index contributed by atoms with van der Waals surface area (Å²) in [4.78, 5) is 0. The van der Waals surface area contributed by atoms with E-state index in [4.69, 9.17) is 14.7 Å². The number of rotatable bonds is 3. The second-order valence-corrected chi connectivity index (χ2v) is 4.45. The van der Waals surface area contributed by atoms with Crippen LogP contribution in [0.3, 0.4) is 0 Å². The van der Waals surface area contributed by atoms with Gasteiger partial charge in [-0.25, -0.2) is 0 Å². The van der Waals surface area contributed by atoms with E-state index in [0.29, 0.717) is 17.1 Å². The summed E-state index contributed by atoms with van der Waals surface area (Å²) in [6.45, 7) is 0. The van der Waals surface area contributed by atoms with Gasteiger partial charge < -0.3 is 9.47 Å². The second-order valence-electron chi connectivity index (χ2n) is 4.45. The number of halogens is 3. The second kappa shape index (κ2) is 4.34. The van der Waals surface area contributed by atoms with Crippen LogP contribution in [0.25, 0.3) is 0 Å². The van der Waals surface area contributed by atoms with E-state index in [2.05, 4.69) is 0 Å². The Kier molecular flexibility index (Phi) is 3.09. The van der Waals surface area contributed by atoms with Crippen molar-refractivity contribution < 1.29 is 22.6 Å². The Morgan fingerprint density at radius 3 is 2.32 bits per heavy atom. The average molecular weight is 271 g/mol. The Hall–Kier alpha value is -1.90. The zero-order valence-corrected chi connectivity index (χ0v) is 10.4. The van der Waals surface area contributed by atoms with E-state index < -0.39 is 17.5 Å². The zero-order chi connectivity index (χ0) is 14.3. The van der Waals surface area contributed by atoms with Gasteiger partial charge in [-0.3, -0.25) is 0 Å². The van der Waals surface area contributed by atoms with Crippen molar-refractivity contribution in [3.8, 4) is 17.6 Å². The van der Waals surface area contributed by atoms with Crippen molar-refractivity contribution in [2.45, 2.75) is 18.0 Å². The number of hydrogen-bond donors (Lipinski definition) is 0. The van der Waals surface area contributed by atoms with Gasteiger partial charge in [-0.05, 0) is 24.1 Å². The molecule has 1 aromatic carbocycles. The van der Waals surface area contributed by atoms with E-state index in [9.17, 15) is 13.2 Å². The van der Waals surface area contributed by atoms with Crippen molar-refractivity contribution >= 4 is 0 Å². The van der Waals surface area contributed by atoms with Gasteiger partial charge in [-0.2, -0.15) is 18.4 Å². The first-order chi connectivity index (χ1) is 8.89. The maximum atomic E-state index is 12.7. The lowest BCUT2D eigenvalue weighted by molar-refractivity contribution is -0.150. The SMILES string of the molecule is COc1ccc([C@]2(C#N)C[C@H]2C(F)(F)F)cc1OC. The monoisotopic (exact) mass is 271 g/mol. The molecule has 0 spiro atoms. The van der Waals surface area contributed by atoms with Gasteiger partial charge in [-0.15, -0.1) is 0 Å². The van der Waals surface area contributed by atoms with E-state index >= 15 is 0 Å². The van der Waals surface area contributed by atoms with Gasteiger partial charge in [0.15, 0.2) is 11.5 Å². The summed E-state index contributed by atoms with van der Waals surface area (Å²) in [6.07, 6.45) is -4.56. The molecule has 0 aliphatic heterocycles. The third-order valence-electron chi connectivity index (χ3n) is 3.45. The fourth-order valence-corrected chi connectivity index (χ4v) is 2.28. The van der Waals surface area contributed by atoms with Crippen LogP contribution in [-0.2, 0) is 5.41 Å². The summed E-state index contributed by atoms with van der Waals surface area (Å²) in [5.41, 5.74) is -1.17. The minimum absolute atomic E-state index is 0.206. The summed E-state index contributed by atoms with van der Waals surface area (Å²) in [5, 5.41) is 9.11. The molecule has 0 aromatic heterocycles. The molecule has 2 atom stereocenters. The lowest BCUT2D eigenvalue weighted by atomic mass is 9.94. The first-order valence-corrected chi connectivity index (χ1v) is 5.59. The Morgan fingerprint density at radius 1 is 1.26 bits per heavy atom. The Balaban J connectivity index is 2.40. The van der Waals surface area contributed by atoms with E-state index in [1.807, 2.05) is 0 Å². The van der Waals surface area contributed by atoms with Crippen molar-refractivity contribution in [2.24, 2.45) is 5.92 Å². The van der Waals surface area contributed by atoms with Crippen LogP contribution in [0.1, 0.15) is 12.0 Å². The van der Waals surface area contributed by atoms with Crippen LogP contribution in [-0.4, -0.2) is 20.4 Å². The maximum absolute atomic E-state index is 12.7. The van der Waals surface area contributed by atoms with Crippen LogP contribution in [0.4, 0.5) is 13.2 Å². The van der Waals surface area contributed by atoms with Gasteiger partial charge in [0.2, 0.25) is 0 Å². The molecule has 0 N–H and O–H groups in total. The molecule has 0 unspecified atom stereocenters. The van der Waals surface area contributed by atoms with Crippen LogP contribution in [0.15, 0.2) is 18.2 Å². The molecule has 1 aliphatic carbocycles. The number of alkyl halides is 3. The lowest BCUT2D eigenvalue weighted by Crippen LogP contribution is -2.19. The first-order valence-electron chi connectivity index (χ1n) is 5.59. The minimum atomic E-state index is -4.36. The normalized spacial score (nSPS) is 25.6. The summed E-state index contributed by atoms with van der Waals surface area (Å²) in [6, 6.07) is 6.23. The molecule has 6 heteroatoms. The van der Waals surface area contributed by atoms with Gasteiger partial charge in [0.25, 0.3) is 0 Å². The third kappa shape index (κ3) is 2.09. The molecule has 19 heavy (non-hydrogen) atoms. The largest absolute Gasteiger partial charge is 0.493 e. The Bertz CT molecular complexity index is 536. The van der Waals surface area contributed by atoms with E-state index in [1.165, 1.54) is 32.4 Å². The fraction of sp³-hybridized carbons (Fsp3) is 0.462. The molecule has 0 bridgehead atoms. The molecule has 2 rings (SSSR count). The van der Waals surface area contributed by atoms with Crippen molar-refractivity contribution in [1.29, 1.82) is 5.26 Å². The van der Waals surface area contributed by atoms with Crippen LogP contribution < -0.4 is 9.47 Å². The van der Waals surface area contributed by atoms with Crippen LogP contribution in [0.2, 0.25) is 0 Å². The number of benzene rings is 1. The molecule has 3 nitrogen and oxygen atoms in total. The molecule has 1 fully saturated rings. The molecule has 102 valence electrons. The predicted octanol–water partition coefficient (Wildman–Crippen LogP) is 3.05. The third-order valence-corrected chi connectivity index (χ3v) is 3.45. The average Bonchev–Trinajstić information content (AvgIpc) is 3.14. The van der Waals surface area contributed by atoms with Crippen molar-refractivity contribution in [3.05, 3.63) is 23.8 Å². The number of ether oxygens (including phenoxy) is 2. The quantitative estimate of drug-likeness (QED) is 0.848. The van der Waals surface area contributed by atoms with E-state index in [-0.39, 0.29) is 6.42 Å². The fourth-order valence-electron chi connectivity index (χ4n) is 2.28. The predicted molar refractivity (Wildman–Crippen MR) is 61.0 cm³/mol. The first kappa shape index (κ1) is 13.5. The minimum Gasteiger partial charge on any atom is -0.493 e. The summed E-state index contributed by atoms with van der Waals surface area (Å²) < 4.78 is 48.3. The van der Waals surface area contributed by atoms with Crippen LogP contribution in [0, 0.1) is 17.2 Å². The Morgan fingerprint density at radius 2 is 1.89 bits per heavy atom. The summed E-state index contributed by atoms with van der Waals surface area (Å²) in [5.74, 6) is -0.867. The number of nitriles is 1.